The fraction of sp³-hybridized carbons (Fsp3) is 0.625. The molecule has 0 bridgehead atoms. The molecular weight excluding hydrogens is 264 g/mol. The van der Waals surface area contributed by atoms with Crippen LogP contribution in [-0.4, -0.2) is 47.5 Å². The van der Waals surface area contributed by atoms with Crippen LogP contribution < -0.4 is 10.2 Å². The van der Waals surface area contributed by atoms with Gasteiger partial charge in [0.05, 0.1) is 0 Å². The molecule has 116 valence electrons. The van der Waals surface area contributed by atoms with Crippen LogP contribution in [0.5, 0.6) is 0 Å². The van der Waals surface area contributed by atoms with Crippen LogP contribution in [-0.2, 0) is 11.3 Å². The zero-order chi connectivity index (χ0) is 15.6. The van der Waals surface area contributed by atoms with E-state index in [1.165, 1.54) is 0 Å². The van der Waals surface area contributed by atoms with Gasteiger partial charge in [0, 0.05) is 38.9 Å². The molecule has 5 nitrogen and oxygen atoms in total. The monoisotopic (exact) mass is 290 g/mol. The molecule has 21 heavy (non-hydrogen) atoms. The Balaban J connectivity index is 2.13. The van der Waals surface area contributed by atoms with Gasteiger partial charge in [0.15, 0.2) is 0 Å². The first-order valence-electron chi connectivity index (χ1n) is 7.54. The molecule has 0 radical (unpaired) electrons. The van der Waals surface area contributed by atoms with Crippen LogP contribution in [0, 0.1) is 0 Å². The lowest BCUT2D eigenvalue weighted by Gasteiger charge is -2.45. The van der Waals surface area contributed by atoms with Crippen LogP contribution in [0.3, 0.4) is 0 Å². The van der Waals surface area contributed by atoms with E-state index in [9.17, 15) is 4.79 Å². The topological polar surface area (TPSA) is 48.5 Å². The van der Waals surface area contributed by atoms with Gasteiger partial charge in [0.2, 0.25) is 5.91 Å². The average Bonchev–Trinajstić information content (AvgIpc) is 2.43. The van der Waals surface area contributed by atoms with Crippen LogP contribution in [0.15, 0.2) is 18.3 Å². The smallest absolute Gasteiger partial charge is 0.247 e. The van der Waals surface area contributed by atoms with E-state index in [2.05, 4.69) is 35.1 Å². The van der Waals surface area contributed by atoms with Crippen molar-refractivity contribution in [3.05, 3.63) is 23.9 Å². The minimum atomic E-state index is -0.544. The number of likely N-dealkylation sites (N-methyl/N-ethyl adjacent to an activating group) is 1. The lowest BCUT2D eigenvalue weighted by molar-refractivity contribution is -0.136. The molecule has 0 aliphatic carbocycles. The summed E-state index contributed by atoms with van der Waals surface area (Å²) in [6, 6.07) is 4.55. The second-order valence-corrected chi connectivity index (χ2v) is 6.50. The average molecular weight is 290 g/mol. The van der Waals surface area contributed by atoms with Gasteiger partial charge in [-0.15, -0.1) is 0 Å². The van der Waals surface area contributed by atoms with E-state index in [-0.39, 0.29) is 5.91 Å². The number of carbonyl (C=O) groups is 1. The normalized spacial score (nSPS) is 18.5. The van der Waals surface area contributed by atoms with Crippen molar-refractivity contribution in [2.75, 3.05) is 25.0 Å². The number of rotatable bonds is 4. The molecule has 1 fully saturated rings. The van der Waals surface area contributed by atoms with Crippen LogP contribution in [0.1, 0.15) is 33.3 Å². The molecule has 2 rings (SSSR count). The summed E-state index contributed by atoms with van der Waals surface area (Å²) in [6.07, 6.45) is 1.89. The van der Waals surface area contributed by atoms with Crippen LogP contribution in [0.25, 0.3) is 0 Å². The highest BCUT2D eigenvalue weighted by atomic mass is 16.2. The SMILES string of the molecule is CC(C)NCc1ccc(N2CCN(C)C(=O)C2(C)C)nc1. The standard InChI is InChI=1S/C16H26N4O/c1-12(2)17-10-13-6-7-14(18-11-13)20-9-8-19(5)15(21)16(20,3)4/h6-7,11-12,17H,8-10H2,1-5H3. The van der Waals surface area contributed by atoms with E-state index in [4.69, 9.17) is 0 Å². The molecule has 1 aliphatic heterocycles. The van der Waals surface area contributed by atoms with Gasteiger partial charge in [-0.3, -0.25) is 4.79 Å². The van der Waals surface area contributed by atoms with Crippen LogP contribution >= 0.6 is 0 Å². The molecule has 5 heteroatoms. The Morgan fingerprint density at radius 2 is 2.05 bits per heavy atom. The van der Waals surface area contributed by atoms with Gasteiger partial charge in [0.1, 0.15) is 11.4 Å². The Labute approximate surface area is 127 Å². The Morgan fingerprint density at radius 1 is 1.33 bits per heavy atom. The molecule has 0 saturated carbocycles. The molecule has 1 aromatic rings. The summed E-state index contributed by atoms with van der Waals surface area (Å²) in [5, 5.41) is 3.38. The number of hydrogen-bond donors (Lipinski definition) is 1. The molecule has 1 amide bonds. The number of hydrogen-bond acceptors (Lipinski definition) is 4. The summed E-state index contributed by atoms with van der Waals surface area (Å²) in [5.41, 5.74) is 0.614. The maximum atomic E-state index is 12.3. The number of amides is 1. The quantitative estimate of drug-likeness (QED) is 0.916. The summed E-state index contributed by atoms with van der Waals surface area (Å²) in [4.78, 5) is 20.8. The number of pyridine rings is 1. The van der Waals surface area contributed by atoms with E-state index in [1.54, 1.807) is 4.90 Å². The summed E-state index contributed by atoms with van der Waals surface area (Å²) in [7, 11) is 1.86. The van der Waals surface area contributed by atoms with Crippen molar-refractivity contribution in [1.82, 2.24) is 15.2 Å². The molecule has 0 unspecified atom stereocenters. The van der Waals surface area contributed by atoms with Crippen molar-refractivity contribution in [1.29, 1.82) is 0 Å². The van der Waals surface area contributed by atoms with Crippen molar-refractivity contribution in [3.8, 4) is 0 Å². The van der Waals surface area contributed by atoms with E-state index < -0.39 is 5.54 Å². The summed E-state index contributed by atoms with van der Waals surface area (Å²) >= 11 is 0. The van der Waals surface area contributed by atoms with Crippen molar-refractivity contribution in [2.45, 2.75) is 45.8 Å². The van der Waals surface area contributed by atoms with Gasteiger partial charge >= 0.3 is 0 Å². The minimum absolute atomic E-state index is 0.140. The van der Waals surface area contributed by atoms with Gasteiger partial charge in [-0.2, -0.15) is 0 Å². The third-order valence-electron chi connectivity index (χ3n) is 4.00. The Hall–Kier alpha value is -1.62. The minimum Gasteiger partial charge on any atom is -0.342 e. The zero-order valence-electron chi connectivity index (χ0n) is 13.7. The third-order valence-corrected chi connectivity index (χ3v) is 4.00. The largest absolute Gasteiger partial charge is 0.342 e. The van der Waals surface area contributed by atoms with Crippen LogP contribution in [0.4, 0.5) is 5.82 Å². The maximum absolute atomic E-state index is 12.3. The van der Waals surface area contributed by atoms with Gasteiger partial charge in [-0.1, -0.05) is 19.9 Å². The van der Waals surface area contributed by atoms with Gasteiger partial charge < -0.3 is 15.1 Å². The fourth-order valence-corrected chi connectivity index (χ4v) is 2.62. The number of anilines is 1. The maximum Gasteiger partial charge on any atom is 0.247 e. The predicted molar refractivity (Wildman–Crippen MR) is 85.3 cm³/mol. The predicted octanol–water partition coefficient (Wildman–Crippen LogP) is 1.64. The second-order valence-electron chi connectivity index (χ2n) is 6.50. The Morgan fingerprint density at radius 3 is 2.62 bits per heavy atom. The Kier molecular flexibility index (Phi) is 4.52. The number of carbonyl (C=O) groups excluding carboxylic acids is 1. The number of piperazine rings is 1. The molecule has 1 aliphatic rings. The lowest BCUT2D eigenvalue weighted by Crippen LogP contribution is -2.62. The van der Waals surface area contributed by atoms with Crippen molar-refractivity contribution in [3.63, 3.8) is 0 Å². The Bertz CT molecular complexity index is 496. The second kappa shape index (κ2) is 6.02. The summed E-state index contributed by atoms with van der Waals surface area (Å²) in [5.74, 6) is 1.01. The van der Waals surface area contributed by atoms with E-state index >= 15 is 0 Å². The third kappa shape index (κ3) is 3.35. The first kappa shape index (κ1) is 15.8. The highest BCUT2D eigenvalue weighted by Gasteiger charge is 2.40. The number of nitrogens with one attached hydrogen (secondary N) is 1. The van der Waals surface area contributed by atoms with Crippen molar-refractivity contribution >= 4 is 11.7 Å². The number of aromatic nitrogens is 1. The van der Waals surface area contributed by atoms with Gasteiger partial charge in [-0.05, 0) is 25.5 Å². The molecule has 2 heterocycles. The summed E-state index contributed by atoms with van der Waals surface area (Å²) in [6.45, 7) is 10.5. The van der Waals surface area contributed by atoms with E-state index in [1.807, 2.05) is 33.2 Å². The molecule has 1 N–H and O–H groups in total. The molecule has 1 aromatic heterocycles. The van der Waals surface area contributed by atoms with Crippen LogP contribution in [0.2, 0.25) is 0 Å². The first-order valence-corrected chi connectivity index (χ1v) is 7.54. The number of nitrogens with zero attached hydrogens (tertiary/aromatic N) is 3. The molecule has 0 spiro atoms. The zero-order valence-corrected chi connectivity index (χ0v) is 13.7. The fourth-order valence-electron chi connectivity index (χ4n) is 2.62. The molecule has 1 saturated heterocycles. The first-order chi connectivity index (χ1) is 9.82. The van der Waals surface area contributed by atoms with Gasteiger partial charge in [0.25, 0.3) is 0 Å². The van der Waals surface area contributed by atoms with Gasteiger partial charge in [-0.25, -0.2) is 4.98 Å². The van der Waals surface area contributed by atoms with E-state index in [0.29, 0.717) is 6.04 Å². The highest BCUT2D eigenvalue weighted by molar-refractivity contribution is 5.90. The molecule has 0 atom stereocenters. The van der Waals surface area contributed by atoms with Crippen molar-refractivity contribution < 1.29 is 4.79 Å². The summed E-state index contributed by atoms with van der Waals surface area (Å²) < 4.78 is 0. The lowest BCUT2D eigenvalue weighted by atomic mass is 9.98. The molecular formula is C16H26N4O. The van der Waals surface area contributed by atoms with E-state index in [0.717, 1.165) is 31.0 Å². The molecule has 0 aromatic carbocycles. The highest BCUT2D eigenvalue weighted by Crippen LogP contribution is 2.26. The van der Waals surface area contributed by atoms with Crippen molar-refractivity contribution in [2.24, 2.45) is 0 Å².